The van der Waals surface area contributed by atoms with E-state index in [4.69, 9.17) is 0 Å². The quantitative estimate of drug-likeness (QED) is 0.825. The number of rotatable bonds is 7. The van der Waals surface area contributed by atoms with Crippen molar-refractivity contribution in [3.05, 3.63) is 33.7 Å². The predicted molar refractivity (Wildman–Crippen MR) is 91.1 cm³/mol. The zero-order chi connectivity index (χ0) is 16.4. The molecule has 0 bridgehead atoms. The summed E-state index contributed by atoms with van der Waals surface area (Å²) in [6.45, 7) is 2.82. The molecule has 1 heterocycles. The lowest BCUT2D eigenvalue weighted by Crippen LogP contribution is -2.41. The van der Waals surface area contributed by atoms with Crippen LogP contribution in [0.15, 0.2) is 16.9 Å². The molecule has 2 aliphatic carbocycles. The van der Waals surface area contributed by atoms with Gasteiger partial charge in [-0.2, -0.15) is 0 Å². The molecule has 1 atom stereocenters. The van der Waals surface area contributed by atoms with Crippen LogP contribution in [-0.2, 0) is 29.4 Å². The van der Waals surface area contributed by atoms with Crippen molar-refractivity contribution in [1.29, 1.82) is 0 Å². The Morgan fingerprint density at radius 3 is 2.74 bits per heavy atom. The fraction of sp³-hybridized carbons (Fsp3) is 0.706. The molecule has 5 nitrogen and oxygen atoms in total. The molecule has 1 fully saturated rings. The summed E-state index contributed by atoms with van der Waals surface area (Å²) in [6.07, 6.45) is 6.24. The third kappa shape index (κ3) is 4.23. The van der Waals surface area contributed by atoms with E-state index in [-0.39, 0.29) is 17.4 Å². The van der Waals surface area contributed by atoms with E-state index in [0.29, 0.717) is 18.8 Å². The third-order valence-electron chi connectivity index (χ3n) is 4.84. The molecule has 1 saturated carbocycles. The fourth-order valence-corrected chi connectivity index (χ4v) is 4.83. The normalized spacial score (nSPS) is 21.2. The summed E-state index contributed by atoms with van der Waals surface area (Å²) in [4.78, 5) is 12.1. The van der Waals surface area contributed by atoms with Crippen LogP contribution in [0.2, 0.25) is 0 Å². The number of unbranched alkanes of at least 4 members (excludes halogenated alkanes) is 1. The summed E-state index contributed by atoms with van der Waals surface area (Å²) < 4.78 is 28.9. The van der Waals surface area contributed by atoms with E-state index in [2.05, 4.69) is 4.72 Å². The average Bonchev–Trinajstić information content (AvgIpc) is 3.32. The average molecular weight is 338 g/mol. The summed E-state index contributed by atoms with van der Waals surface area (Å²) in [7, 11) is -3.19. The van der Waals surface area contributed by atoms with Crippen molar-refractivity contribution in [2.75, 3.05) is 5.75 Å². The number of aromatic nitrogens is 1. The Labute approximate surface area is 138 Å². The highest BCUT2D eigenvalue weighted by Gasteiger charge is 2.27. The number of hydrogen-bond acceptors (Lipinski definition) is 3. The monoisotopic (exact) mass is 338 g/mol. The molecule has 1 aromatic heterocycles. The minimum atomic E-state index is -3.19. The molecule has 0 amide bonds. The molecular formula is C17H26N2O3S. The van der Waals surface area contributed by atoms with Crippen LogP contribution in [0.25, 0.3) is 0 Å². The van der Waals surface area contributed by atoms with Crippen molar-refractivity contribution in [2.45, 2.75) is 64.5 Å². The summed E-state index contributed by atoms with van der Waals surface area (Å²) in [5, 5.41) is 0. The molecule has 0 aliphatic heterocycles. The Morgan fingerprint density at radius 1 is 1.26 bits per heavy atom. The molecule has 23 heavy (non-hydrogen) atoms. The second-order valence-electron chi connectivity index (χ2n) is 6.93. The van der Waals surface area contributed by atoms with Crippen LogP contribution in [0.3, 0.4) is 0 Å². The molecule has 1 N–H and O–H groups in total. The minimum absolute atomic E-state index is 0.0452. The number of pyridine rings is 1. The zero-order valence-electron chi connectivity index (χ0n) is 13.8. The number of nitrogens with one attached hydrogen (secondary N) is 1. The van der Waals surface area contributed by atoms with Gasteiger partial charge in [-0.15, -0.1) is 0 Å². The van der Waals surface area contributed by atoms with Crippen LogP contribution in [0.1, 0.15) is 50.3 Å². The molecule has 128 valence electrons. The lowest BCUT2D eigenvalue weighted by atomic mass is 9.92. The minimum Gasteiger partial charge on any atom is -0.312 e. The topological polar surface area (TPSA) is 68.2 Å². The van der Waals surface area contributed by atoms with Crippen LogP contribution in [0, 0.1) is 5.92 Å². The maximum absolute atomic E-state index is 12.1. The number of nitrogens with zero attached hydrogens (tertiary/aromatic N) is 1. The van der Waals surface area contributed by atoms with E-state index in [1.54, 1.807) is 6.07 Å². The number of hydrogen-bond donors (Lipinski definition) is 1. The third-order valence-corrected chi connectivity index (χ3v) is 6.35. The van der Waals surface area contributed by atoms with Crippen molar-refractivity contribution < 1.29 is 8.42 Å². The van der Waals surface area contributed by atoms with E-state index >= 15 is 0 Å². The van der Waals surface area contributed by atoms with E-state index in [9.17, 15) is 13.2 Å². The van der Waals surface area contributed by atoms with Crippen LogP contribution in [0.5, 0.6) is 0 Å². The summed E-state index contributed by atoms with van der Waals surface area (Å²) in [5.74, 6) is 0.859. The standard InChI is InChI=1S/C17H26N2O3S/c1-2-3-10-23(21,22)18-15-7-8-16-14(11-15)6-9-17(20)19(16)12-13-4-5-13/h6,9,13,15,18H,2-5,7-8,10-12H2,1H3/t15-/m1/s1. The highest BCUT2D eigenvalue weighted by atomic mass is 32.2. The highest BCUT2D eigenvalue weighted by molar-refractivity contribution is 7.89. The Bertz CT molecular complexity index is 720. The van der Waals surface area contributed by atoms with Gasteiger partial charge in [-0.3, -0.25) is 4.79 Å². The number of sulfonamides is 1. The second kappa shape index (κ2) is 6.77. The maximum Gasteiger partial charge on any atom is 0.250 e. The fourth-order valence-electron chi connectivity index (χ4n) is 3.33. The van der Waals surface area contributed by atoms with Crippen LogP contribution < -0.4 is 10.3 Å². The number of fused-ring (bicyclic) bond motifs is 1. The largest absolute Gasteiger partial charge is 0.312 e. The first-order chi connectivity index (χ1) is 11.0. The molecule has 0 unspecified atom stereocenters. The Kier molecular flexibility index (Phi) is 4.92. The van der Waals surface area contributed by atoms with Crippen molar-refractivity contribution in [2.24, 2.45) is 5.92 Å². The van der Waals surface area contributed by atoms with Gasteiger partial charge in [0.25, 0.3) is 5.56 Å². The van der Waals surface area contributed by atoms with Gasteiger partial charge in [0.15, 0.2) is 0 Å². The van der Waals surface area contributed by atoms with E-state index in [1.165, 1.54) is 12.8 Å². The van der Waals surface area contributed by atoms with Gasteiger partial charge in [-0.25, -0.2) is 13.1 Å². The molecule has 1 aromatic rings. The summed E-state index contributed by atoms with van der Waals surface area (Å²) in [6, 6.07) is 3.47. The van der Waals surface area contributed by atoms with Crippen molar-refractivity contribution in [1.82, 2.24) is 9.29 Å². The first-order valence-corrected chi connectivity index (χ1v) is 10.4. The summed E-state index contributed by atoms with van der Waals surface area (Å²) >= 11 is 0. The molecular weight excluding hydrogens is 312 g/mol. The molecule has 6 heteroatoms. The molecule has 0 aromatic carbocycles. The molecule has 0 saturated heterocycles. The van der Waals surface area contributed by atoms with Crippen LogP contribution in [-0.4, -0.2) is 24.8 Å². The van der Waals surface area contributed by atoms with Gasteiger partial charge in [0.1, 0.15) is 0 Å². The van der Waals surface area contributed by atoms with Gasteiger partial charge in [-0.1, -0.05) is 19.4 Å². The van der Waals surface area contributed by atoms with Gasteiger partial charge in [0, 0.05) is 24.3 Å². The Morgan fingerprint density at radius 2 is 2.04 bits per heavy atom. The summed E-state index contributed by atoms with van der Waals surface area (Å²) in [5.41, 5.74) is 2.32. The Balaban J connectivity index is 1.72. The van der Waals surface area contributed by atoms with Crippen molar-refractivity contribution in [3.63, 3.8) is 0 Å². The predicted octanol–water partition coefficient (Wildman–Crippen LogP) is 1.84. The van der Waals surface area contributed by atoms with Crippen LogP contribution >= 0.6 is 0 Å². The lowest BCUT2D eigenvalue weighted by Gasteiger charge is -2.27. The van der Waals surface area contributed by atoms with Gasteiger partial charge in [-0.05, 0) is 50.0 Å². The smallest absolute Gasteiger partial charge is 0.250 e. The second-order valence-corrected chi connectivity index (χ2v) is 8.80. The molecule has 3 rings (SSSR count). The van der Waals surface area contributed by atoms with E-state index in [1.807, 2.05) is 17.6 Å². The van der Waals surface area contributed by atoms with Crippen molar-refractivity contribution >= 4 is 10.0 Å². The lowest BCUT2D eigenvalue weighted by molar-refractivity contribution is 0.476. The highest BCUT2D eigenvalue weighted by Crippen LogP contribution is 2.31. The van der Waals surface area contributed by atoms with Crippen molar-refractivity contribution in [3.8, 4) is 0 Å². The Hall–Kier alpha value is -1.14. The van der Waals surface area contributed by atoms with Gasteiger partial charge in [0.05, 0.1) is 5.75 Å². The maximum atomic E-state index is 12.1. The van der Waals surface area contributed by atoms with Gasteiger partial charge >= 0.3 is 0 Å². The van der Waals surface area contributed by atoms with Gasteiger partial charge < -0.3 is 4.57 Å². The van der Waals surface area contributed by atoms with Gasteiger partial charge in [0.2, 0.25) is 10.0 Å². The van der Waals surface area contributed by atoms with Crippen LogP contribution in [0.4, 0.5) is 0 Å². The van der Waals surface area contributed by atoms with E-state index in [0.717, 1.165) is 37.1 Å². The first-order valence-electron chi connectivity index (χ1n) is 8.70. The zero-order valence-corrected chi connectivity index (χ0v) is 14.6. The molecule has 2 aliphatic rings. The first kappa shape index (κ1) is 16.7. The SMILES string of the molecule is CCCCS(=O)(=O)N[C@@H]1CCc2c(ccc(=O)n2CC2CC2)C1. The van der Waals surface area contributed by atoms with E-state index < -0.39 is 10.0 Å². The molecule has 0 radical (unpaired) electrons. The molecule has 0 spiro atoms.